The second-order valence-corrected chi connectivity index (χ2v) is 8.02. The van der Waals surface area contributed by atoms with Gasteiger partial charge in [-0.05, 0) is 30.3 Å². The van der Waals surface area contributed by atoms with Crippen molar-refractivity contribution in [3.63, 3.8) is 0 Å². The van der Waals surface area contributed by atoms with Crippen molar-refractivity contribution in [3.05, 3.63) is 35.8 Å². The number of methoxy groups -OCH3 is 1. The number of alkyl carbamates (subject to hydrolysis) is 1. The first-order chi connectivity index (χ1) is 15.3. The molecule has 1 fully saturated rings. The van der Waals surface area contributed by atoms with Crippen LogP contribution in [-0.4, -0.2) is 63.7 Å². The van der Waals surface area contributed by atoms with E-state index in [2.05, 4.69) is 26.1 Å². The zero-order chi connectivity index (χ0) is 23.4. The van der Waals surface area contributed by atoms with Crippen molar-refractivity contribution >= 4 is 24.6 Å². The standard InChI is InChI=1S/C21H26BN5O5/c1-12(2)18(26-21(29)32-3)20(28)27-8-4-5-17(27)19-24-11-16(25-19)15-7-6-14(22(30)31)9-13(15)10-23/h6-7,9,11-12,17-18,30-31H,4-5,8H2,1-3H3,(H,24,25)(H,26,29). The molecule has 1 aliphatic rings. The molecule has 0 saturated carbocycles. The molecule has 2 atom stereocenters. The number of hydrogen-bond acceptors (Lipinski definition) is 7. The van der Waals surface area contributed by atoms with Gasteiger partial charge in [-0.25, -0.2) is 9.78 Å². The van der Waals surface area contributed by atoms with Crippen LogP contribution in [0.25, 0.3) is 11.3 Å². The number of imidazole rings is 1. The minimum atomic E-state index is -1.67. The molecule has 168 valence electrons. The largest absolute Gasteiger partial charge is 0.488 e. The SMILES string of the molecule is COC(=O)NC(C(=O)N1CCCC1c1ncc(-c2ccc(B(O)O)cc2C#N)[nH]1)C(C)C. The number of ether oxygens (including phenoxy) is 1. The Hall–Kier alpha value is -3.36. The fourth-order valence-electron chi connectivity index (χ4n) is 3.89. The molecule has 0 radical (unpaired) electrons. The average Bonchev–Trinajstić information content (AvgIpc) is 3.45. The number of benzene rings is 1. The molecule has 2 heterocycles. The predicted octanol–water partition coefficient (Wildman–Crippen LogP) is 0.672. The van der Waals surface area contributed by atoms with Gasteiger partial charge in [0.05, 0.1) is 36.7 Å². The van der Waals surface area contributed by atoms with Crippen LogP contribution >= 0.6 is 0 Å². The minimum absolute atomic E-state index is 0.131. The second-order valence-electron chi connectivity index (χ2n) is 8.02. The molecule has 0 bridgehead atoms. The molecule has 10 nitrogen and oxygen atoms in total. The Morgan fingerprint density at radius 2 is 2.16 bits per heavy atom. The first-order valence-electron chi connectivity index (χ1n) is 10.4. The summed E-state index contributed by atoms with van der Waals surface area (Å²) in [7, 11) is -0.414. The Kier molecular flexibility index (Phi) is 7.17. The van der Waals surface area contributed by atoms with Gasteiger partial charge in [-0.3, -0.25) is 4.79 Å². The number of aromatic amines is 1. The van der Waals surface area contributed by atoms with Crippen LogP contribution in [0.15, 0.2) is 24.4 Å². The molecule has 2 aromatic rings. The molecule has 32 heavy (non-hydrogen) atoms. The normalized spacial score (nSPS) is 16.5. The number of nitrogens with zero attached hydrogens (tertiary/aromatic N) is 3. The van der Waals surface area contributed by atoms with Crippen LogP contribution in [0.5, 0.6) is 0 Å². The van der Waals surface area contributed by atoms with Crippen LogP contribution in [0.3, 0.4) is 0 Å². The van der Waals surface area contributed by atoms with Crippen LogP contribution in [-0.2, 0) is 9.53 Å². The molecule has 4 N–H and O–H groups in total. The third kappa shape index (κ3) is 4.76. The summed E-state index contributed by atoms with van der Waals surface area (Å²) in [5.41, 5.74) is 1.64. The van der Waals surface area contributed by atoms with E-state index >= 15 is 0 Å². The zero-order valence-corrected chi connectivity index (χ0v) is 18.2. The van der Waals surface area contributed by atoms with Crippen molar-refractivity contribution in [1.82, 2.24) is 20.2 Å². The summed E-state index contributed by atoms with van der Waals surface area (Å²) in [6.07, 6.45) is 2.44. The van der Waals surface area contributed by atoms with Gasteiger partial charge in [0.25, 0.3) is 0 Å². The van der Waals surface area contributed by atoms with Crippen molar-refractivity contribution in [1.29, 1.82) is 5.26 Å². The monoisotopic (exact) mass is 439 g/mol. The maximum absolute atomic E-state index is 13.2. The van der Waals surface area contributed by atoms with Gasteiger partial charge in [-0.2, -0.15) is 5.26 Å². The van der Waals surface area contributed by atoms with Crippen LogP contribution in [0.1, 0.15) is 44.1 Å². The lowest BCUT2D eigenvalue weighted by atomic mass is 9.79. The van der Waals surface area contributed by atoms with E-state index in [0.29, 0.717) is 30.0 Å². The Labute approximate surface area is 186 Å². The van der Waals surface area contributed by atoms with Crippen molar-refractivity contribution in [2.24, 2.45) is 5.92 Å². The van der Waals surface area contributed by atoms with Gasteiger partial charge >= 0.3 is 13.2 Å². The fourth-order valence-corrected chi connectivity index (χ4v) is 3.89. The van der Waals surface area contributed by atoms with E-state index in [1.807, 2.05) is 13.8 Å². The van der Waals surface area contributed by atoms with Crippen LogP contribution < -0.4 is 10.8 Å². The van der Waals surface area contributed by atoms with Gasteiger partial charge in [0, 0.05) is 12.1 Å². The predicted molar refractivity (Wildman–Crippen MR) is 116 cm³/mol. The summed E-state index contributed by atoms with van der Waals surface area (Å²) in [5.74, 6) is 0.250. The molecule has 1 saturated heterocycles. The Morgan fingerprint density at radius 3 is 2.78 bits per heavy atom. The molecular weight excluding hydrogens is 413 g/mol. The average molecular weight is 439 g/mol. The number of nitrogens with one attached hydrogen (secondary N) is 2. The molecule has 1 aliphatic heterocycles. The minimum Gasteiger partial charge on any atom is -0.453 e. The summed E-state index contributed by atoms with van der Waals surface area (Å²) >= 11 is 0. The van der Waals surface area contributed by atoms with Crippen molar-refractivity contribution in [3.8, 4) is 17.3 Å². The first kappa shape index (κ1) is 23.3. The summed E-state index contributed by atoms with van der Waals surface area (Å²) in [4.78, 5) is 34.3. The van der Waals surface area contributed by atoms with Gasteiger partial charge < -0.3 is 30.0 Å². The number of H-pyrrole nitrogens is 1. The molecule has 0 spiro atoms. The van der Waals surface area contributed by atoms with E-state index in [0.717, 1.165) is 6.42 Å². The van der Waals surface area contributed by atoms with Gasteiger partial charge in [0.15, 0.2) is 0 Å². The van der Waals surface area contributed by atoms with Gasteiger partial charge in [-0.1, -0.05) is 26.0 Å². The number of amides is 2. The first-order valence-corrected chi connectivity index (χ1v) is 10.4. The van der Waals surface area contributed by atoms with E-state index in [-0.39, 0.29) is 28.9 Å². The zero-order valence-electron chi connectivity index (χ0n) is 18.2. The topological polar surface area (TPSA) is 152 Å². The fraction of sp³-hybridized carbons (Fsp3) is 0.429. The van der Waals surface area contributed by atoms with Gasteiger partial charge in [0.1, 0.15) is 11.9 Å². The number of hydrogen-bond donors (Lipinski definition) is 4. The summed E-state index contributed by atoms with van der Waals surface area (Å²) in [6, 6.07) is 5.61. The molecule has 0 aliphatic carbocycles. The number of carbonyl (C=O) groups is 2. The maximum Gasteiger partial charge on any atom is 0.488 e. The maximum atomic E-state index is 13.2. The quantitative estimate of drug-likeness (QED) is 0.483. The number of likely N-dealkylation sites (tertiary alicyclic amines) is 1. The lowest BCUT2D eigenvalue weighted by Gasteiger charge is -2.30. The molecule has 1 aromatic heterocycles. The molecule has 3 rings (SSSR count). The molecule has 2 amide bonds. The summed E-state index contributed by atoms with van der Waals surface area (Å²) < 4.78 is 4.66. The number of rotatable bonds is 6. The number of carbonyl (C=O) groups excluding carboxylic acids is 2. The number of nitriles is 1. The Morgan fingerprint density at radius 1 is 1.41 bits per heavy atom. The lowest BCUT2D eigenvalue weighted by molar-refractivity contribution is -0.135. The van der Waals surface area contributed by atoms with E-state index in [1.165, 1.54) is 19.2 Å². The van der Waals surface area contributed by atoms with Gasteiger partial charge in [-0.15, -0.1) is 0 Å². The van der Waals surface area contributed by atoms with Gasteiger partial charge in [0.2, 0.25) is 5.91 Å². The third-order valence-corrected chi connectivity index (χ3v) is 5.59. The highest BCUT2D eigenvalue weighted by Gasteiger charge is 2.37. The Balaban J connectivity index is 1.86. The highest BCUT2D eigenvalue weighted by molar-refractivity contribution is 6.58. The van der Waals surface area contributed by atoms with Crippen molar-refractivity contribution in [2.45, 2.75) is 38.8 Å². The van der Waals surface area contributed by atoms with Crippen LogP contribution in [0.2, 0.25) is 0 Å². The van der Waals surface area contributed by atoms with E-state index in [1.54, 1.807) is 17.2 Å². The molecular formula is C21H26BN5O5. The molecule has 2 unspecified atom stereocenters. The number of aromatic nitrogens is 2. The highest BCUT2D eigenvalue weighted by Crippen LogP contribution is 2.33. The van der Waals surface area contributed by atoms with E-state index in [4.69, 9.17) is 0 Å². The molecule has 11 heteroatoms. The van der Waals surface area contributed by atoms with Crippen LogP contribution in [0, 0.1) is 17.2 Å². The van der Waals surface area contributed by atoms with Crippen molar-refractivity contribution in [2.75, 3.05) is 13.7 Å². The van der Waals surface area contributed by atoms with Crippen molar-refractivity contribution < 1.29 is 24.4 Å². The lowest BCUT2D eigenvalue weighted by Crippen LogP contribution is -2.51. The second kappa shape index (κ2) is 9.85. The Bertz CT molecular complexity index is 1030. The van der Waals surface area contributed by atoms with E-state index < -0.39 is 19.3 Å². The molecule has 1 aromatic carbocycles. The highest BCUT2D eigenvalue weighted by atomic mass is 16.5. The van der Waals surface area contributed by atoms with Crippen LogP contribution in [0.4, 0.5) is 4.79 Å². The summed E-state index contributed by atoms with van der Waals surface area (Å²) in [6.45, 7) is 4.24. The summed E-state index contributed by atoms with van der Waals surface area (Å²) in [5, 5.41) is 30.8. The third-order valence-electron chi connectivity index (χ3n) is 5.59. The smallest absolute Gasteiger partial charge is 0.453 e. The van der Waals surface area contributed by atoms with E-state index in [9.17, 15) is 24.9 Å².